The molecular formula is C26H30N2O5S. The fourth-order valence-corrected chi connectivity index (χ4v) is 4.54. The predicted octanol–water partition coefficient (Wildman–Crippen LogP) is 5.74. The third kappa shape index (κ3) is 5.56. The average Bonchev–Trinajstić information content (AvgIpc) is 3.15. The van der Waals surface area contributed by atoms with Crippen molar-refractivity contribution in [3.05, 3.63) is 64.3 Å². The highest BCUT2D eigenvalue weighted by Crippen LogP contribution is 2.41. The van der Waals surface area contributed by atoms with Gasteiger partial charge in [-0.3, -0.25) is 0 Å². The molecule has 0 spiro atoms. The number of aliphatic hydroxyl groups is 1. The van der Waals surface area contributed by atoms with Gasteiger partial charge in [0, 0.05) is 30.4 Å². The van der Waals surface area contributed by atoms with Gasteiger partial charge in [-0.25, -0.2) is 9.79 Å². The molecule has 1 heterocycles. The number of hydrogen-bond acceptors (Lipinski definition) is 8. The summed E-state index contributed by atoms with van der Waals surface area (Å²) in [6.07, 6.45) is 1.79. The van der Waals surface area contributed by atoms with Crippen molar-refractivity contribution in [3.8, 4) is 11.5 Å². The summed E-state index contributed by atoms with van der Waals surface area (Å²) in [6.45, 7) is 7.88. The maximum Gasteiger partial charge on any atom is 0.344 e. The number of methoxy groups -OCH3 is 2. The number of aliphatic imine (C=N–C) groups is 1. The topological polar surface area (TPSA) is 80.6 Å². The molecule has 8 heteroatoms. The molecule has 0 aromatic heterocycles. The number of nitrogens with zero attached hydrogens (tertiary/aromatic N) is 2. The Bertz CT molecular complexity index is 1120. The molecule has 34 heavy (non-hydrogen) atoms. The van der Waals surface area contributed by atoms with Crippen LogP contribution in [0.15, 0.2) is 63.7 Å². The van der Waals surface area contributed by atoms with E-state index in [0.717, 1.165) is 24.3 Å². The Labute approximate surface area is 204 Å². The van der Waals surface area contributed by atoms with Crippen molar-refractivity contribution in [2.45, 2.75) is 20.8 Å². The third-order valence-corrected chi connectivity index (χ3v) is 6.33. The molecule has 2 aromatic rings. The second-order valence-electron chi connectivity index (χ2n) is 7.27. The Balaban J connectivity index is 2.03. The normalized spacial score (nSPS) is 15.7. The summed E-state index contributed by atoms with van der Waals surface area (Å²) in [5.41, 5.74) is 2.51. The van der Waals surface area contributed by atoms with Gasteiger partial charge in [0.1, 0.15) is 27.9 Å². The molecule has 7 nitrogen and oxygen atoms in total. The highest BCUT2D eigenvalue weighted by atomic mass is 32.2. The summed E-state index contributed by atoms with van der Waals surface area (Å²) in [5, 5.41) is 11.3. The second kappa shape index (κ2) is 11.7. The van der Waals surface area contributed by atoms with Gasteiger partial charge in [-0.05, 0) is 63.2 Å². The van der Waals surface area contributed by atoms with E-state index >= 15 is 0 Å². The molecule has 1 aliphatic rings. The summed E-state index contributed by atoms with van der Waals surface area (Å²) in [5.74, 6) is 0.592. The van der Waals surface area contributed by atoms with Gasteiger partial charge < -0.3 is 24.2 Å². The van der Waals surface area contributed by atoms with Crippen LogP contribution in [0.2, 0.25) is 0 Å². The van der Waals surface area contributed by atoms with Crippen LogP contribution in [0.5, 0.6) is 11.5 Å². The van der Waals surface area contributed by atoms with E-state index in [4.69, 9.17) is 14.2 Å². The molecule has 0 aliphatic carbocycles. The minimum absolute atomic E-state index is 0.0487. The number of thioether (sulfide) groups is 1. The minimum Gasteiger partial charge on any atom is -0.506 e. The minimum atomic E-state index is -0.619. The standard InChI is InChI=1S/C26H30N2O5S/c1-6-28(7-2)19-12-9-17(21(16-19)32-5)15-22-24(29)23(26(30)33-8-3)25(34-22)27-18-10-13-20(31-4)14-11-18/h9-16,29H,6-8H2,1-5H3/b22-15-,27-25?. The first-order valence-electron chi connectivity index (χ1n) is 11.1. The van der Waals surface area contributed by atoms with Crippen LogP contribution in [-0.4, -0.2) is 50.0 Å². The predicted molar refractivity (Wildman–Crippen MR) is 138 cm³/mol. The second-order valence-corrected chi connectivity index (χ2v) is 8.30. The lowest BCUT2D eigenvalue weighted by molar-refractivity contribution is -0.138. The van der Waals surface area contributed by atoms with Gasteiger partial charge in [0.05, 0.1) is 31.4 Å². The lowest BCUT2D eigenvalue weighted by atomic mass is 10.1. The Hall–Kier alpha value is -3.39. The van der Waals surface area contributed by atoms with Gasteiger partial charge in [0.2, 0.25) is 0 Å². The average molecular weight is 483 g/mol. The zero-order valence-corrected chi connectivity index (χ0v) is 20.9. The van der Waals surface area contributed by atoms with Crippen LogP contribution >= 0.6 is 11.8 Å². The van der Waals surface area contributed by atoms with Gasteiger partial charge in [-0.15, -0.1) is 0 Å². The van der Waals surface area contributed by atoms with Crippen LogP contribution in [0.4, 0.5) is 11.4 Å². The van der Waals surface area contributed by atoms with Crippen molar-refractivity contribution in [1.82, 2.24) is 0 Å². The highest BCUT2D eigenvalue weighted by molar-refractivity contribution is 8.18. The van der Waals surface area contributed by atoms with Crippen molar-refractivity contribution >= 4 is 40.2 Å². The number of rotatable bonds is 9. The quantitative estimate of drug-likeness (QED) is 0.456. The monoisotopic (exact) mass is 482 g/mol. The van der Waals surface area contributed by atoms with Crippen LogP contribution in [-0.2, 0) is 9.53 Å². The molecule has 0 bridgehead atoms. The third-order valence-electron chi connectivity index (χ3n) is 5.31. The van der Waals surface area contributed by atoms with E-state index in [9.17, 15) is 9.90 Å². The molecule has 0 saturated heterocycles. The van der Waals surface area contributed by atoms with E-state index in [1.807, 2.05) is 18.2 Å². The van der Waals surface area contributed by atoms with E-state index in [-0.39, 0.29) is 17.9 Å². The van der Waals surface area contributed by atoms with Crippen molar-refractivity contribution in [1.29, 1.82) is 0 Å². The number of benzene rings is 2. The molecule has 0 unspecified atom stereocenters. The number of esters is 1. The van der Waals surface area contributed by atoms with E-state index < -0.39 is 5.97 Å². The van der Waals surface area contributed by atoms with Crippen LogP contribution in [0.25, 0.3) is 6.08 Å². The molecule has 0 saturated carbocycles. The van der Waals surface area contributed by atoms with Gasteiger partial charge in [0.25, 0.3) is 0 Å². The molecule has 3 rings (SSSR count). The van der Waals surface area contributed by atoms with E-state index in [1.165, 1.54) is 11.8 Å². The number of carbonyl (C=O) groups is 1. The van der Waals surface area contributed by atoms with Crippen molar-refractivity contribution < 1.29 is 24.1 Å². The SMILES string of the molecule is CCOC(=O)C1=C(O)/C(=C/c2ccc(N(CC)CC)cc2OC)SC1=Nc1ccc(OC)cc1. The Morgan fingerprint density at radius 2 is 1.76 bits per heavy atom. The summed E-state index contributed by atoms with van der Waals surface area (Å²) >= 11 is 1.21. The molecule has 0 fully saturated rings. The number of ether oxygens (including phenoxy) is 3. The maximum absolute atomic E-state index is 12.7. The molecule has 1 aliphatic heterocycles. The van der Waals surface area contributed by atoms with Gasteiger partial charge in [-0.1, -0.05) is 11.8 Å². The smallest absolute Gasteiger partial charge is 0.344 e. The zero-order valence-electron chi connectivity index (χ0n) is 20.1. The van der Waals surface area contributed by atoms with Gasteiger partial charge in [0.15, 0.2) is 0 Å². The van der Waals surface area contributed by atoms with Crippen LogP contribution in [0.1, 0.15) is 26.3 Å². The molecule has 180 valence electrons. The van der Waals surface area contributed by atoms with Crippen LogP contribution < -0.4 is 14.4 Å². The summed E-state index contributed by atoms with van der Waals surface area (Å²) in [4.78, 5) is 20.0. The molecule has 1 N–H and O–H groups in total. The first-order chi connectivity index (χ1) is 16.4. The summed E-state index contributed by atoms with van der Waals surface area (Å²) in [6, 6.07) is 13.1. The van der Waals surface area contributed by atoms with E-state index in [0.29, 0.717) is 27.1 Å². The first kappa shape index (κ1) is 25.2. The lowest BCUT2D eigenvalue weighted by Crippen LogP contribution is -2.21. The lowest BCUT2D eigenvalue weighted by Gasteiger charge is -2.22. The molecule has 2 aromatic carbocycles. The molecule has 0 amide bonds. The van der Waals surface area contributed by atoms with Crippen molar-refractivity contribution in [2.75, 3.05) is 38.8 Å². The Morgan fingerprint density at radius 3 is 2.35 bits per heavy atom. The molecular weight excluding hydrogens is 452 g/mol. The van der Waals surface area contributed by atoms with E-state index in [1.54, 1.807) is 51.5 Å². The maximum atomic E-state index is 12.7. The fraction of sp³-hybridized carbons (Fsp3) is 0.308. The zero-order chi connectivity index (χ0) is 24.7. The Morgan fingerprint density at radius 1 is 1.06 bits per heavy atom. The van der Waals surface area contributed by atoms with Gasteiger partial charge in [-0.2, -0.15) is 0 Å². The van der Waals surface area contributed by atoms with E-state index in [2.05, 4.69) is 23.7 Å². The number of anilines is 1. The number of aliphatic hydroxyl groups excluding tert-OH is 1. The molecule has 0 atom stereocenters. The summed E-state index contributed by atoms with van der Waals surface area (Å²) in [7, 11) is 3.20. The van der Waals surface area contributed by atoms with Crippen LogP contribution in [0.3, 0.4) is 0 Å². The number of carbonyl (C=O) groups excluding carboxylic acids is 1. The highest BCUT2D eigenvalue weighted by Gasteiger charge is 2.33. The van der Waals surface area contributed by atoms with Crippen molar-refractivity contribution in [2.24, 2.45) is 4.99 Å². The largest absolute Gasteiger partial charge is 0.506 e. The summed E-state index contributed by atoms with van der Waals surface area (Å²) < 4.78 is 16.0. The molecule has 0 radical (unpaired) electrons. The van der Waals surface area contributed by atoms with Crippen molar-refractivity contribution in [3.63, 3.8) is 0 Å². The fourth-order valence-electron chi connectivity index (χ4n) is 3.51. The van der Waals surface area contributed by atoms with Gasteiger partial charge >= 0.3 is 5.97 Å². The van der Waals surface area contributed by atoms with Crippen LogP contribution in [0, 0.1) is 0 Å². The Kier molecular flexibility index (Phi) is 8.65. The number of hydrogen-bond donors (Lipinski definition) is 1. The first-order valence-corrected chi connectivity index (χ1v) is 11.9.